The van der Waals surface area contributed by atoms with Crippen LogP contribution in [0.2, 0.25) is 0 Å². The molecule has 0 bridgehead atoms. The smallest absolute Gasteiger partial charge is 0.0544 e. The van der Waals surface area contributed by atoms with Crippen LogP contribution in [0.25, 0.3) is 38.3 Å². The van der Waals surface area contributed by atoms with Crippen molar-refractivity contribution in [2.75, 3.05) is 0 Å². The van der Waals surface area contributed by atoms with Crippen LogP contribution in [0.4, 0.5) is 0 Å². The first-order valence-electron chi connectivity index (χ1n) is 8.94. The Hall–Kier alpha value is -3.06. The van der Waals surface area contributed by atoms with Gasteiger partial charge in [-0.3, -0.25) is 0 Å². The molecule has 0 N–H and O–H groups in total. The van der Waals surface area contributed by atoms with Crippen molar-refractivity contribution in [1.82, 2.24) is 4.57 Å². The van der Waals surface area contributed by atoms with Gasteiger partial charge in [0.1, 0.15) is 0 Å². The standard InChI is InChI=1S/C24H17N/c1-2-10-19-16(6-1)7-3-11-20(19)25-21-12-4-8-17-14-15-18-9-5-13-22(25)24(18)23(17)21/h1-13H,14-15H2. The van der Waals surface area contributed by atoms with Crippen molar-refractivity contribution in [1.29, 1.82) is 0 Å². The summed E-state index contributed by atoms with van der Waals surface area (Å²) in [4.78, 5) is 0. The highest BCUT2D eigenvalue weighted by molar-refractivity contribution is 6.14. The van der Waals surface area contributed by atoms with Crippen LogP contribution in [0, 0.1) is 0 Å². The predicted octanol–water partition coefficient (Wildman–Crippen LogP) is 6.04. The van der Waals surface area contributed by atoms with Crippen LogP contribution in [-0.4, -0.2) is 4.57 Å². The van der Waals surface area contributed by atoms with E-state index in [1.54, 1.807) is 0 Å². The summed E-state index contributed by atoms with van der Waals surface area (Å²) in [6.07, 6.45) is 2.28. The lowest BCUT2D eigenvalue weighted by Gasteiger charge is -2.12. The van der Waals surface area contributed by atoms with E-state index in [2.05, 4.69) is 83.4 Å². The molecule has 6 rings (SSSR count). The summed E-state index contributed by atoms with van der Waals surface area (Å²) in [5, 5.41) is 5.50. The maximum atomic E-state index is 2.46. The van der Waals surface area contributed by atoms with Gasteiger partial charge in [0.2, 0.25) is 0 Å². The Bertz CT molecular complexity index is 1220. The number of nitrogens with zero attached hydrogens (tertiary/aromatic N) is 1. The van der Waals surface area contributed by atoms with Crippen molar-refractivity contribution in [3.63, 3.8) is 0 Å². The maximum Gasteiger partial charge on any atom is 0.0544 e. The molecule has 0 amide bonds. The summed E-state index contributed by atoms with van der Waals surface area (Å²) in [6, 6.07) is 28.9. The lowest BCUT2D eigenvalue weighted by molar-refractivity contribution is 0.969. The summed E-state index contributed by atoms with van der Waals surface area (Å²) < 4.78 is 2.46. The van der Waals surface area contributed by atoms with Gasteiger partial charge < -0.3 is 4.57 Å². The molecule has 1 heteroatoms. The van der Waals surface area contributed by atoms with Crippen molar-refractivity contribution < 1.29 is 0 Å². The van der Waals surface area contributed by atoms with Crippen LogP contribution in [0.3, 0.4) is 0 Å². The first-order valence-corrected chi connectivity index (χ1v) is 8.94. The van der Waals surface area contributed by atoms with Crippen molar-refractivity contribution in [3.8, 4) is 5.69 Å². The van der Waals surface area contributed by atoms with Gasteiger partial charge in [-0.05, 0) is 47.6 Å². The van der Waals surface area contributed by atoms with Gasteiger partial charge in [0.05, 0.1) is 16.7 Å². The quantitative estimate of drug-likeness (QED) is 0.355. The van der Waals surface area contributed by atoms with Gasteiger partial charge in [-0.1, -0.05) is 60.7 Å². The number of aryl methyl sites for hydroxylation is 2. The monoisotopic (exact) mass is 319 g/mol. The van der Waals surface area contributed by atoms with Gasteiger partial charge >= 0.3 is 0 Å². The van der Waals surface area contributed by atoms with Gasteiger partial charge in [0.25, 0.3) is 0 Å². The molecule has 1 nitrogen and oxygen atoms in total. The number of fused-ring (bicyclic) bond motifs is 1. The fourth-order valence-corrected chi connectivity index (χ4v) is 4.60. The molecule has 0 saturated carbocycles. The van der Waals surface area contributed by atoms with Gasteiger partial charge in [0, 0.05) is 16.2 Å². The Morgan fingerprint density at radius 1 is 0.560 bits per heavy atom. The first kappa shape index (κ1) is 13.3. The Balaban J connectivity index is 1.88. The number of benzene rings is 4. The van der Waals surface area contributed by atoms with Gasteiger partial charge in [-0.2, -0.15) is 0 Å². The number of hydrogen-bond donors (Lipinski definition) is 0. The Morgan fingerprint density at radius 3 is 1.88 bits per heavy atom. The molecule has 1 aliphatic rings. The van der Waals surface area contributed by atoms with E-state index >= 15 is 0 Å². The highest BCUT2D eigenvalue weighted by atomic mass is 15.0. The van der Waals surface area contributed by atoms with Crippen molar-refractivity contribution in [2.45, 2.75) is 12.8 Å². The topological polar surface area (TPSA) is 4.93 Å². The molecular weight excluding hydrogens is 302 g/mol. The van der Waals surface area contributed by atoms with Crippen LogP contribution >= 0.6 is 0 Å². The molecule has 0 saturated heterocycles. The van der Waals surface area contributed by atoms with E-state index in [-0.39, 0.29) is 0 Å². The molecule has 0 unspecified atom stereocenters. The molecule has 4 aromatic carbocycles. The van der Waals surface area contributed by atoms with E-state index in [4.69, 9.17) is 0 Å². The number of aromatic nitrogens is 1. The van der Waals surface area contributed by atoms with Gasteiger partial charge in [0.15, 0.2) is 0 Å². The fraction of sp³-hybridized carbons (Fsp3) is 0.0833. The molecule has 0 fully saturated rings. The number of hydrogen-bond acceptors (Lipinski definition) is 0. The third kappa shape index (κ3) is 1.68. The molecule has 118 valence electrons. The van der Waals surface area contributed by atoms with Crippen LogP contribution in [0.1, 0.15) is 11.1 Å². The van der Waals surface area contributed by atoms with Crippen LogP contribution in [-0.2, 0) is 12.8 Å². The average Bonchev–Trinajstić information content (AvgIpc) is 3.02. The largest absolute Gasteiger partial charge is 0.309 e. The van der Waals surface area contributed by atoms with Gasteiger partial charge in [-0.15, -0.1) is 0 Å². The second kappa shape index (κ2) is 4.73. The number of rotatable bonds is 1. The Kier molecular flexibility index (Phi) is 2.51. The fourth-order valence-electron chi connectivity index (χ4n) is 4.60. The van der Waals surface area contributed by atoms with E-state index in [0.717, 1.165) is 12.8 Å². The predicted molar refractivity (Wildman–Crippen MR) is 106 cm³/mol. The molecule has 1 aliphatic carbocycles. The summed E-state index contributed by atoms with van der Waals surface area (Å²) in [5.41, 5.74) is 6.90. The molecular formula is C24H17N. The summed E-state index contributed by atoms with van der Waals surface area (Å²) >= 11 is 0. The second-order valence-electron chi connectivity index (χ2n) is 6.96. The molecule has 0 spiro atoms. The summed E-state index contributed by atoms with van der Waals surface area (Å²) in [6.45, 7) is 0. The molecule has 25 heavy (non-hydrogen) atoms. The molecule has 1 aromatic heterocycles. The van der Waals surface area contributed by atoms with Crippen molar-refractivity contribution in [3.05, 3.63) is 90.0 Å². The first-order chi connectivity index (χ1) is 12.4. The van der Waals surface area contributed by atoms with Crippen LogP contribution in [0.15, 0.2) is 78.9 Å². The lowest BCUT2D eigenvalue weighted by Crippen LogP contribution is -1.97. The third-order valence-corrected chi connectivity index (χ3v) is 5.66. The zero-order valence-corrected chi connectivity index (χ0v) is 13.9. The van der Waals surface area contributed by atoms with E-state index < -0.39 is 0 Å². The molecule has 0 aliphatic heterocycles. The normalized spacial score (nSPS) is 13.3. The minimum atomic E-state index is 1.14. The average molecular weight is 319 g/mol. The zero-order valence-electron chi connectivity index (χ0n) is 13.9. The summed E-state index contributed by atoms with van der Waals surface area (Å²) in [5.74, 6) is 0. The van der Waals surface area contributed by atoms with Crippen LogP contribution in [0.5, 0.6) is 0 Å². The van der Waals surface area contributed by atoms with Crippen LogP contribution < -0.4 is 0 Å². The Morgan fingerprint density at radius 2 is 1.16 bits per heavy atom. The molecule has 0 radical (unpaired) electrons. The lowest BCUT2D eigenvalue weighted by atomic mass is 9.91. The molecule has 0 atom stereocenters. The third-order valence-electron chi connectivity index (χ3n) is 5.66. The van der Waals surface area contributed by atoms with E-state index in [1.165, 1.54) is 49.4 Å². The Labute approximate surface area is 146 Å². The SMILES string of the molecule is c1ccc2c(-n3c4cccc5c4c4c(cccc43)CC5)cccc2c1. The van der Waals surface area contributed by atoms with Crippen molar-refractivity contribution in [2.24, 2.45) is 0 Å². The van der Waals surface area contributed by atoms with Crippen molar-refractivity contribution >= 4 is 32.6 Å². The highest BCUT2D eigenvalue weighted by Gasteiger charge is 2.21. The zero-order chi connectivity index (χ0) is 16.4. The molecule has 5 aromatic rings. The van der Waals surface area contributed by atoms with E-state index in [1.807, 2.05) is 0 Å². The summed E-state index contributed by atoms with van der Waals surface area (Å²) in [7, 11) is 0. The molecule has 1 heterocycles. The van der Waals surface area contributed by atoms with Gasteiger partial charge in [-0.25, -0.2) is 0 Å². The highest BCUT2D eigenvalue weighted by Crippen LogP contribution is 2.40. The van der Waals surface area contributed by atoms with E-state index in [0.29, 0.717) is 0 Å². The van der Waals surface area contributed by atoms with E-state index in [9.17, 15) is 0 Å². The second-order valence-corrected chi connectivity index (χ2v) is 6.96. The maximum absolute atomic E-state index is 2.46. The minimum absolute atomic E-state index is 1.14. The minimum Gasteiger partial charge on any atom is -0.309 e.